The minimum Gasteiger partial charge on any atom is -0.398 e. The molecule has 1 aromatic rings. The molecule has 1 heterocycles. The van der Waals surface area contributed by atoms with Crippen LogP contribution >= 0.6 is 0 Å². The lowest BCUT2D eigenvalue weighted by atomic mass is 10.2. The SMILES string of the molecule is Nc1ccccc1CN1CCCCS1(=O)=O. The zero-order valence-electron chi connectivity index (χ0n) is 9.09. The molecule has 0 aromatic heterocycles. The van der Waals surface area contributed by atoms with Crippen LogP contribution in [0.5, 0.6) is 0 Å². The third-order valence-corrected chi connectivity index (χ3v) is 4.76. The first-order chi connectivity index (χ1) is 7.59. The zero-order chi connectivity index (χ0) is 11.6. The second-order valence-electron chi connectivity index (χ2n) is 4.06. The number of nitrogen functional groups attached to an aromatic ring is 1. The lowest BCUT2D eigenvalue weighted by molar-refractivity contribution is 0.379. The average molecular weight is 240 g/mol. The van der Waals surface area contributed by atoms with Crippen LogP contribution < -0.4 is 5.73 Å². The molecule has 0 bridgehead atoms. The van der Waals surface area contributed by atoms with Crippen molar-refractivity contribution in [2.24, 2.45) is 0 Å². The molecule has 2 N–H and O–H groups in total. The van der Waals surface area contributed by atoms with Crippen molar-refractivity contribution in [1.29, 1.82) is 0 Å². The minimum atomic E-state index is -3.06. The number of para-hydroxylation sites is 1. The predicted octanol–water partition coefficient (Wildman–Crippen LogP) is 1.19. The molecule has 0 amide bonds. The van der Waals surface area contributed by atoms with Gasteiger partial charge in [0.2, 0.25) is 10.0 Å². The topological polar surface area (TPSA) is 63.4 Å². The Morgan fingerprint density at radius 3 is 2.69 bits per heavy atom. The Bertz CT molecular complexity index is 471. The van der Waals surface area contributed by atoms with Crippen LogP contribution in [-0.4, -0.2) is 25.0 Å². The van der Waals surface area contributed by atoms with Gasteiger partial charge in [-0.2, -0.15) is 4.31 Å². The summed E-state index contributed by atoms with van der Waals surface area (Å²) in [6, 6.07) is 7.40. The molecule has 0 saturated carbocycles. The second-order valence-corrected chi connectivity index (χ2v) is 6.14. The molecular formula is C11H16N2O2S. The molecule has 0 radical (unpaired) electrons. The van der Waals surface area contributed by atoms with E-state index in [1.54, 1.807) is 6.07 Å². The van der Waals surface area contributed by atoms with Crippen molar-refractivity contribution in [3.8, 4) is 0 Å². The normalized spacial score (nSPS) is 20.8. The van der Waals surface area contributed by atoms with Crippen molar-refractivity contribution in [2.45, 2.75) is 19.4 Å². The number of nitrogens with zero attached hydrogens (tertiary/aromatic N) is 1. The number of rotatable bonds is 2. The van der Waals surface area contributed by atoms with Gasteiger partial charge in [-0.25, -0.2) is 8.42 Å². The molecule has 1 aliphatic heterocycles. The van der Waals surface area contributed by atoms with Gasteiger partial charge in [0.25, 0.3) is 0 Å². The van der Waals surface area contributed by atoms with E-state index in [1.807, 2.05) is 18.2 Å². The molecule has 2 rings (SSSR count). The smallest absolute Gasteiger partial charge is 0.214 e. The molecular weight excluding hydrogens is 224 g/mol. The maximum atomic E-state index is 11.8. The number of anilines is 1. The maximum absolute atomic E-state index is 11.8. The largest absolute Gasteiger partial charge is 0.398 e. The van der Waals surface area contributed by atoms with Crippen LogP contribution in [0.3, 0.4) is 0 Å². The summed E-state index contributed by atoms with van der Waals surface area (Å²) < 4.78 is 25.1. The van der Waals surface area contributed by atoms with Crippen molar-refractivity contribution >= 4 is 15.7 Å². The van der Waals surface area contributed by atoms with Crippen molar-refractivity contribution in [2.75, 3.05) is 18.0 Å². The number of benzene rings is 1. The highest BCUT2D eigenvalue weighted by molar-refractivity contribution is 7.89. The van der Waals surface area contributed by atoms with Gasteiger partial charge in [0.1, 0.15) is 0 Å². The number of hydrogen-bond acceptors (Lipinski definition) is 3. The fourth-order valence-corrected chi connectivity index (χ4v) is 3.46. The Kier molecular flexibility index (Phi) is 3.16. The molecule has 1 fully saturated rings. The van der Waals surface area contributed by atoms with Gasteiger partial charge in [-0.15, -0.1) is 0 Å². The fourth-order valence-electron chi connectivity index (χ4n) is 1.89. The van der Waals surface area contributed by atoms with Crippen molar-refractivity contribution in [3.05, 3.63) is 29.8 Å². The molecule has 1 aliphatic rings. The molecule has 0 aliphatic carbocycles. The van der Waals surface area contributed by atoms with E-state index in [-0.39, 0.29) is 5.75 Å². The summed E-state index contributed by atoms with van der Waals surface area (Å²) in [6.45, 7) is 1.01. The Morgan fingerprint density at radius 1 is 1.25 bits per heavy atom. The predicted molar refractivity (Wildman–Crippen MR) is 64.3 cm³/mol. The summed E-state index contributed by atoms with van der Waals surface area (Å²) in [5, 5.41) is 0. The monoisotopic (exact) mass is 240 g/mol. The van der Waals surface area contributed by atoms with E-state index in [0.717, 1.165) is 18.4 Å². The summed E-state index contributed by atoms with van der Waals surface area (Å²) in [4.78, 5) is 0. The Morgan fingerprint density at radius 2 is 2.00 bits per heavy atom. The Labute approximate surface area is 96.1 Å². The van der Waals surface area contributed by atoms with Crippen molar-refractivity contribution in [3.63, 3.8) is 0 Å². The second kappa shape index (κ2) is 4.43. The number of nitrogens with two attached hydrogens (primary N) is 1. The number of sulfonamides is 1. The Balaban J connectivity index is 2.18. The van der Waals surface area contributed by atoms with E-state index < -0.39 is 10.0 Å². The summed E-state index contributed by atoms with van der Waals surface area (Å²) in [6.07, 6.45) is 1.70. The minimum absolute atomic E-state index is 0.264. The van der Waals surface area contributed by atoms with Gasteiger partial charge in [0.05, 0.1) is 5.75 Å². The first-order valence-electron chi connectivity index (χ1n) is 5.41. The molecule has 5 heteroatoms. The molecule has 0 spiro atoms. The third-order valence-electron chi connectivity index (χ3n) is 2.85. The van der Waals surface area contributed by atoms with E-state index in [4.69, 9.17) is 5.73 Å². The first kappa shape index (κ1) is 11.4. The van der Waals surface area contributed by atoms with Gasteiger partial charge in [0.15, 0.2) is 0 Å². The standard InChI is InChI=1S/C11H16N2O2S/c12-11-6-2-1-5-10(11)9-13-7-3-4-8-16(13,14)15/h1-2,5-6H,3-4,7-9,12H2. The third kappa shape index (κ3) is 2.36. The highest BCUT2D eigenvalue weighted by Crippen LogP contribution is 2.19. The molecule has 0 atom stereocenters. The van der Waals surface area contributed by atoms with Gasteiger partial charge < -0.3 is 5.73 Å². The molecule has 1 aromatic carbocycles. The first-order valence-corrected chi connectivity index (χ1v) is 7.02. The van der Waals surface area contributed by atoms with Crippen LogP contribution in [0.1, 0.15) is 18.4 Å². The summed E-state index contributed by atoms with van der Waals surface area (Å²) in [5.41, 5.74) is 7.34. The van der Waals surface area contributed by atoms with Gasteiger partial charge >= 0.3 is 0 Å². The van der Waals surface area contributed by atoms with E-state index in [0.29, 0.717) is 18.8 Å². The zero-order valence-corrected chi connectivity index (χ0v) is 9.91. The highest BCUT2D eigenvalue weighted by Gasteiger charge is 2.25. The van der Waals surface area contributed by atoms with E-state index in [1.165, 1.54) is 4.31 Å². The van der Waals surface area contributed by atoms with Crippen LogP contribution in [0.4, 0.5) is 5.69 Å². The molecule has 1 saturated heterocycles. The van der Waals surface area contributed by atoms with E-state index >= 15 is 0 Å². The molecule has 88 valence electrons. The fraction of sp³-hybridized carbons (Fsp3) is 0.455. The van der Waals surface area contributed by atoms with Crippen molar-refractivity contribution < 1.29 is 8.42 Å². The molecule has 0 unspecified atom stereocenters. The van der Waals surface area contributed by atoms with E-state index in [2.05, 4.69) is 0 Å². The van der Waals surface area contributed by atoms with E-state index in [9.17, 15) is 8.42 Å². The van der Waals surface area contributed by atoms with Crippen LogP contribution in [-0.2, 0) is 16.6 Å². The quantitative estimate of drug-likeness (QED) is 0.790. The van der Waals surface area contributed by atoms with Gasteiger partial charge in [-0.1, -0.05) is 18.2 Å². The molecule has 16 heavy (non-hydrogen) atoms. The van der Waals surface area contributed by atoms with Crippen LogP contribution in [0.2, 0.25) is 0 Å². The van der Waals surface area contributed by atoms with Crippen LogP contribution in [0.15, 0.2) is 24.3 Å². The van der Waals surface area contributed by atoms with Crippen LogP contribution in [0, 0.1) is 0 Å². The van der Waals surface area contributed by atoms with Gasteiger partial charge in [-0.05, 0) is 24.5 Å². The summed E-state index contributed by atoms with van der Waals surface area (Å²) in [7, 11) is -3.06. The summed E-state index contributed by atoms with van der Waals surface area (Å²) in [5.74, 6) is 0.264. The van der Waals surface area contributed by atoms with Crippen molar-refractivity contribution in [1.82, 2.24) is 4.31 Å². The van der Waals surface area contributed by atoms with Gasteiger partial charge in [0, 0.05) is 18.8 Å². The highest BCUT2D eigenvalue weighted by atomic mass is 32.2. The lowest BCUT2D eigenvalue weighted by Gasteiger charge is -2.26. The Hall–Kier alpha value is -1.07. The number of hydrogen-bond donors (Lipinski definition) is 1. The van der Waals surface area contributed by atoms with Gasteiger partial charge in [-0.3, -0.25) is 0 Å². The average Bonchev–Trinajstić information content (AvgIpc) is 2.24. The summed E-state index contributed by atoms with van der Waals surface area (Å²) >= 11 is 0. The lowest BCUT2D eigenvalue weighted by Crippen LogP contribution is -2.37. The maximum Gasteiger partial charge on any atom is 0.214 e. The van der Waals surface area contributed by atoms with Crippen LogP contribution in [0.25, 0.3) is 0 Å². The molecule has 4 nitrogen and oxygen atoms in total.